The topological polar surface area (TPSA) is 51.5 Å². The first-order valence-electron chi connectivity index (χ1n) is 5.94. The van der Waals surface area contributed by atoms with E-state index in [4.69, 9.17) is 4.74 Å². The van der Waals surface area contributed by atoms with Crippen molar-refractivity contribution in [3.63, 3.8) is 0 Å². The van der Waals surface area contributed by atoms with Gasteiger partial charge in [-0.3, -0.25) is 0 Å². The second-order valence-corrected chi connectivity index (χ2v) is 4.33. The number of nitrogens with one attached hydrogen (secondary N) is 1. The molecule has 0 saturated heterocycles. The summed E-state index contributed by atoms with van der Waals surface area (Å²) in [5.41, 5.74) is 2.99. The molecule has 0 unspecified atom stereocenters. The van der Waals surface area contributed by atoms with Crippen molar-refractivity contribution in [2.45, 2.75) is 13.8 Å². The molecule has 0 radical (unpaired) electrons. The van der Waals surface area contributed by atoms with Gasteiger partial charge in [-0.1, -0.05) is 12.2 Å². The molecular formula is C13H18N4O. The molecule has 0 atom stereocenters. The van der Waals surface area contributed by atoms with Crippen LogP contribution in [0.1, 0.15) is 12.6 Å². The van der Waals surface area contributed by atoms with Crippen molar-refractivity contribution >= 4 is 11.3 Å². The second kappa shape index (κ2) is 5.64. The average molecular weight is 246 g/mol. The van der Waals surface area contributed by atoms with E-state index < -0.39 is 0 Å². The Hall–Kier alpha value is -1.88. The van der Waals surface area contributed by atoms with Gasteiger partial charge < -0.3 is 10.1 Å². The molecule has 0 aliphatic heterocycles. The number of hydrogen-bond acceptors (Lipinski definition) is 4. The first-order valence-corrected chi connectivity index (χ1v) is 5.94. The molecule has 2 aromatic heterocycles. The summed E-state index contributed by atoms with van der Waals surface area (Å²) < 4.78 is 7.24. The van der Waals surface area contributed by atoms with Crippen LogP contribution in [0.2, 0.25) is 0 Å². The molecule has 1 N–H and O–H groups in total. The Kier molecular flexibility index (Phi) is 3.94. The monoisotopic (exact) mass is 246 g/mol. The standard InChI is InChI=1S/C13H18N4O/c1-10(2)9-18-7-5-15-13-12-8-11(3)16-17(12)6-4-14-13/h4,6,8H,1,5,7,9H2,2-3H3,(H,14,15). The summed E-state index contributed by atoms with van der Waals surface area (Å²) in [7, 11) is 0. The van der Waals surface area contributed by atoms with E-state index in [-0.39, 0.29) is 0 Å². The maximum absolute atomic E-state index is 5.42. The van der Waals surface area contributed by atoms with Crippen LogP contribution in [0.15, 0.2) is 30.6 Å². The second-order valence-electron chi connectivity index (χ2n) is 4.33. The van der Waals surface area contributed by atoms with E-state index in [2.05, 4.69) is 22.0 Å². The zero-order chi connectivity index (χ0) is 13.0. The summed E-state index contributed by atoms with van der Waals surface area (Å²) in [6.07, 6.45) is 3.57. The van der Waals surface area contributed by atoms with Crippen molar-refractivity contribution in [1.29, 1.82) is 0 Å². The fourth-order valence-electron chi connectivity index (χ4n) is 1.67. The van der Waals surface area contributed by atoms with Crippen LogP contribution < -0.4 is 5.32 Å². The zero-order valence-electron chi connectivity index (χ0n) is 10.8. The average Bonchev–Trinajstić information content (AvgIpc) is 2.69. The minimum absolute atomic E-state index is 0.602. The Balaban J connectivity index is 1.93. The third-order valence-electron chi connectivity index (χ3n) is 2.40. The number of ether oxygens (including phenoxy) is 1. The molecule has 0 spiro atoms. The van der Waals surface area contributed by atoms with E-state index >= 15 is 0 Å². The molecule has 2 heterocycles. The van der Waals surface area contributed by atoms with Crippen LogP contribution in [-0.4, -0.2) is 34.4 Å². The van der Waals surface area contributed by atoms with Gasteiger partial charge in [0.2, 0.25) is 0 Å². The molecule has 96 valence electrons. The van der Waals surface area contributed by atoms with E-state index in [0.717, 1.165) is 22.6 Å². The van der Waals surface area contributed by atoms with E-state index in [1.807, 2.05) is 30.6 Å². The largest absolute Gasteiger partial charge is 0.375 e. The van der Waals surface area contributed by atoms with Gasteiger partial charge in [-0.05, 0) is 19.9 Å². The van der Waals surface area contributed by atoms with Crippen molar-refractivity contribution in [1.82, 2.24) is 14.6 Å². The van der Waals surface area contributed by atoms with Crippen molar-refractivity contribution in [2.24, 2.45) is 0 Å². The Labute approximate surface area is 106 Å². The van der Waals surface area contributed by atoms with Gasteiger partial charge in [-0.2, -0.15) is 5.10 Å². The normalized spacial score (nSPS) is 10.8. The van der Waals surface area contributed by atoms with Crippen LogP contribution in [0.3, 0.4) is 0 Å². The SMILES string of the molecule is C=C(C)COCCNc1nccn2nc(C)cc12. The number of hydrogen-bond donors (Lipinski definition) is 1. The first kappa shape index (κ1) is 12.6. The molecule has 5 nitrogen and oxygen atoms in total. The Bertz CT molecular complexity index is 547. The van der Waals surface area contributed by atoms with E-state index in [1.54, 1.807) is 6.20 Å². The number of rotatable bonds is 6. The molecule has 0 aliphatic rings. The highest BCUT2D eigenvalue weighted by atomic mass is 16.5. The Morgan fingerprint density at radius 3 is 3.17 bits per heavy atom. The summed E-state index contributed by atoms with van der Waals surface area (Å²) in [6.45, 7) is 9.64. The number of nitrogens with zero attached hydrogens (tertiary/aromatic N) is 3. The van der Waals surface area contributed by atoms with E-state index in [9.17, 15) is 0 Å². The lowest BCUT2D eigenvalue weighted by molar-refractivity contribution is 0.167. The summed E-state index contributed by atoms with van der Waals surface area (Å²) in [4.78, 5) is 4.31. The van der Waals surface area contributed by atoms with Gasteiger partial charge in [0.1, 0.15) is 5.52 Å². The van der Waals surface area contributed by atoms with Crippen LogP contribution in [0.25, 0.3) is 5.52 Å². The molecule has 5 heteroatoms. The highest BCUT2D eigenvalue weighted by Gasteiger charge is 2.04. The van der Waals surface area contributed by atoms with Gasteiger partial charge >= 0.3 is 0 Å². The molecule has 0 aromatic carbocycles. The lowest BCUT2D eigenvalue weighted by Crippen LogP contribution is -2.11. The minimum Gasteiger partial charge on any atom is -0.375 e. The van der Waals surface area contributed by atoms with Crippen molar-refractivity contribution in [2.75, 3.05) is 25.1 Å². The van der Waals surface area contributed by atoms with Crippen molar-refractivity contribution in [3.8, 4) is 0 Å². The quantitative estimate of drug-likeness (QED) is 0.626. The van der Waals surface area contributed by atoms with Crippen LogP contribution >= 0.6 is 0 Å². The van der Waals surface area contributed by atoms with Crippen LogP contribution in [0, 0.1) is 6.92 Å². The number of anilines is 1. The molecule has 0 bridgehead atoms. The molecule has 2 rings (SSSR count). The summed E-state index contributed by atoms with van der Waals surface area (Å²) >= 11 is 0. The Morgan fingerprint density at radius 1 is 1.56 bits per heavy atom. The van der Waals surface area contributed by atoms with Crippen molar-refractivity contribution in [3.05, 3.63) is 36.3 Å². The lowest BCUT2D eigenvalue weighted by atomic mass is 10.4. The number of aryl methyl sites for hydroxylation is 1. The molecule has 0 amide bonds. The maximum atomic E-state index is 5.42. The fraction of sp³-hybridized carbons (Fsp3) is 0.385. The smallest absolute Gasteiger partial charge is 0.152 e. The number of aromatic nitrogens is 3. The van der Waals surface area contributed by atoms with Crippen LogP contribution in [-0.2, 0) is 4.74 Å². The van der Waals surface area contributed by atoms with Gasteiger partial charge in [0.25, 0.3) is 0 Å². The van der Waals surface area contributed by atoms with Gasteiger partial charge in [0.15, 0.2) is 5.82 Å². The third kappa shape index (κ3) is 3.07. The molecule has 0 saturated carbocycles. The molecule has 18 heavy (non-hydrogen) atoms. The van der Waals surface area contributed by atoms with Gasteiger partial charge in [0, 0.05) is 18.9 Å². The van der Waals surface area contributed by atoms with Gasteiger partial charge in [-0.15, -0.1) is 0 Å². The van der Waals surface area contributed by atoms with Gasteiger partial charge in [0.05, 0.1) is 18.9 Å². The highest BCUT2D eigenvalue weighted by Crippen LogP contribution is 2.13. The maximum Gasteiger partial charge on any atom is 0.152 e. The predicted octanol–water partition coefficient (Wildman–Crippen LogP) is 2.04. The molecule has 0 aliphatic carbocycles. The van der Waals surface area contributed by atoms with Gasteiger partial charge in [-0.25, -0.2) is 9.50 Å². The number of fused-ring (bicyclic) bond motifs is 1. The van der Waals surface area contributed by atoms with Crippen molar-refractivity contribution < 1.29 is 4.74 Å². The molecule has 0 fully saturated rings. The predicted molar refractivity (Wildman–Crippen MR) is 71.8 cm³/mol. The van der Waals surface area contributed by atoms with E-state index in [0.29, 0.717) is 19.8 Å². The zero-order valence-corrected chi connectivity index (χ0v) is 10.8. The van der Waals surface area contributed by atoms with Crippen LogP contribution in [0.5, 0.6) is 0 Å². The minimum atomic E-state index is 0.602. The fourth-order valence-corrected chi connectivity index (χ4v) is 1.67. The summed E-state index contributed by atoms with van der Waals surface area (Å²) in [6, 6.07) is 2.00. The summed E-state index contributed by atoms with van der Waals surface area (Å²) in [5.74, 6) is 0.831. The third-order valence-corrected chi connectivity index (χ3v) is 2.40. The molecular weight excluding hydrogens is 228 g/mol. The van der Waals surface area contributed by atoms with Crippen LogP contribution in [0.4, 0.5) is 5.82 Å². The lowest BCUT2D eigenvalue weighted by Gasteiger charge is -2.07. The van der Waals surface area contributed by atoms with E-state index in [1.165, 1.54) is 0 Å². The Morgan fingerprint density at radius 2 is 2.39 bits per heavy atom. The molecule has 2 aromatic rings. The first-order chi connectivity index (χ1) is 8.66. The summed E-state index contributed by atoms with van der Waals surface area (Å²) in [5, 5.41) is 7.58. The highest BCUT2D eigenvalue weighted by molar-refractivity contribution is 5.67.